The zero-order valence-corrected chi connectivity index (χ0v) is 11.2. The summed E-state index contributed by atoms with van der Waals surface area (Å²) in [6.45, 7) is 2.00. The lowest BCUT2D eigenvalue weighted by Crippen LogP contribution is -2.14. The van der Waals surface area contributed by atoms with Crippen LogP contribution in [0.2, 0.25) is 0 Å². The third kappa shape index (κ3) is 2.86. The molecule has 2 rings (SSSR count). The summed E-state index contributed by atoms with van der Waals surface area (Å²) >= 11 is 0. The zero-order valence-electron chi connectivity index (χ0n) is 11.2. The smallest absolute Gasteiger partial charge is 0.254 e. The third-order valence-corrected chi connectivity index (χ3v) is 3.01. The Bertz CT molecular complexity index is 651. The molecule has 0 saturated carbocycles. The highest BCUT2D eigenvalue weighted by Crippen LogP contribution is 2.19. The van der Waals surface area contributed by atoms with Gasteiger partial charge in [-0.2, -0.15) is 5.26 Å². The van der Waals surface area contributed by atoms with Gasteiger partial charge in [-0.3, -0.25) is 4.79 Å². The Balaban J connectivity index is 2.28. The number of rotatable bonds is 5. The van der Waals surface area contributed by atoms with Crippen LogP contribution in [0.3, 0.4) is 0 Å². The van der Waals surface area contributed by atoms with E-state index < -0.39 is 5.91 Å². The fourth-order valence-corrected chi connectivity index (χ4v) is 2.05. The monoisotopic (exact) mass is 269 g/mol. The van der Waals surface area contributed by atoms with Crippen LogP contribution in [0, 0.1) is 11.3 Å². The van der Waals surface area contributed by atoms with Crippen molar-refractivity contribution in [1.82, 2.24) is 5.16 Å². The van der Waals surface area contributed by atoms with Crippen molar-refractivity contribution in [2.75, 3.05) is 0 Å². The van der Waals surface area contributed by atoms with Crippen LogP contribution in [-0.2, 0) is 12.8 Å². The Labute approximate surface area is 117 Å². The van der Waals surface area contributed by atoms with Crippen molar-refractivity contribution in [2.24, 2.45) is 5.73 Å². The molecule has 1 heterocycles. The number of carbonyl (C=O) groups excluding carboxylic acids is 1. The highest BCUT2D eigenvalue weighted by atomic mass is 16.5. The van der Waals surface area contributed by atoms with Crippen LogP contribution >= 0.6 is 0 Å². The number of primary amides is 1. The molecule has 0 bridgehead atoms. The number of aromatic nitrogens is 1. The van der Waals surface area contributed by atoms with Crippen molar-refractivity contribution in [3.8, 4) is 6.07 Å². The van der Waals surface area contributed by atoms with E-state index in [0.717, 1.165) is 12.0 Å². The molecule has 0 radical (unpaired) electrons. The molecule has 0 aliphatic carbocycles. The van der Waals surface area contributed by atoms with Gasteiger partial charge in [0.15, 0.2) is 5.76 Å². The van der Waals surface area contributed by atoms with E-state index in [1.807, 2.05) is 19.1 Å². The van der Waals surface area contributed by atoms with Crippen LogP contribution < -0.4 is 5.73 Å². The maximum atomic E-state index is 11.5. The molecule has 1 aromatic carbocycles. The number of hydrogen-bond acceptors (Lipinski definition) is 4. The van der Waals surface area contributed by atoms with Crippen LogP contribution in [-0.4, -0.2) is 11.1 Å². The van der Waals surface area contributed by atoms with Gasteiger partial charge in [0, 0.05) is 6.42 Å². The molecule has 0 spiro atoms. The van der Waals surface area contributed by atoms with E-state index in [9.17, 15) is 4.79 Å². The van der Waals surface area contributed by atoms with Crippen LogP contribution in [0.15, 0.2) is 28.8 Å². The molecular formula is C15H15N3O2. The lowest BCUT2D eigenvalue weighted by molar-refractivity contribution is 0.0998. The van der Waals surface area contributed by atoms with Crippen LogP contribution in [0.25, 0.3) is 0 Å². The van der Waals surface area contributed by atoms with Crippen molar-refractivity contribution >= 4 is 5.91 Å². The Hall–Kier alpha value is -2.61. The fraction of sp³-hybridized carbons (Fsp3) is 0.267. The summed E-state index contributed by atoms with van der Waals surface area (Å²) < 4.78 is 5.25. The van der Waals surface area contributed by atoms with Gasteiger partial charge in [0.2, 0.25) is 0 Å². The Kier molecular flexibility index (Phi) is 4.16. The van der Waals surface area contributed by atoms with Gasteiger partial charge in [0.1, 0.15) is 5.56 Å². The number of nitriles is 1. The summed E-state index contributed by atoms with van der Waals surface area (Å²) in [7, 11) is 0. The normalized spacial score (nSPS) is 10.2. The van der Waals surface area contributed by atoms with Crippen LogP contribution in [0.1, 0.15) is 46.3 Å². The Morgan fingerprint density at radius 2 is 2.10 bits per heavy atom. The van der Waals surface area contributed by atoms with Gasteiger partial charge in [-0.05, 0) is 24.1 Å². The summed E-state index contributed by atoms with van der Waals surface area (Å²) in [5, 5.41) is 12.7. The molecule has 5 nitrogen and oxygen atoms in total. The lowest BCUT2D eigenvalue weighted by atomic mass is 10.0. The molecule has 20 heavy (non-hydrogen) atoms. The first-order chi connectivity index (χ1) is 9.65. The van der Waals surface area contributed by atoms with Crippen molar-refractivity contribution in [2.45, 2.75) is 26.2 Å². The lowest BCUT2D eigenvalue weighted by Gasteiger charge is -2.00. The number of benzene rings is 1. The predicted octanol–water partition coefficient (Wildman–Crippen LogP) is 2.19. The average Bonchev–Trinajstić information content (AvgIpc) is 2.83. The standard InChI is InChI=1S/C15H15N3O2/c1-2-3-12-14(15(17)19)13(20-18-12)8-10-4-6-11(9-16)7-5-10/h4-7H,2-3,8H2,1H3,(H2,17,19). The summed E-state index contributed by atoms with van der Waals surface area (Å²) in [6, 6.07) is 9.16. The molecule has 102 valence electrons. The van der Waals surface area contributed by atoms with E-state index in [-0.39, 0.29) is 0 Å². The number of aryl methyl sites for hydroxylation is 1. The van der Waals surface area contributed by atoms with Crippen molar-refractivity contribution in [3.05, 3.63) is 52.4 Å². The molecule has 1 aromatic heterocycles. The Morgan fingerprint density at radius 3 is 2.65 bits per heavy atom. The van der Waals surface area contributed by atoms with Crippen molar-refractivity contribution in [1.29, 1.82) is 5.26 Å². The van der Waals surface area contributed by atoms with Gasteiger partial charge in [0.05, 0.1) is 17.3 Å². The van der Waals surface area contributed by atoms with Gasteiger partial charge in [-0.1, -0.05) is 30.6 Å². The van der Waals surface area contributed by atoms with Gasteiger partial charge in [-0.25, -0.2) is 0 Å². The second kappa shape index (κ2) is 6.02. The Morgan fingerprint density at radius 1 is 1.40 bits per heavy atom. The summed E-state index contributed by atoms with van der Waals surface area (Å²) in [6.07, 6.45) is 1.96. The van der Waals surface area contributed by atoms with E-state index in [1.54, 1.807) is 12.1 Å². The number of amides is 1. The van der Waals surface area contributed by atoms with Gasteiger partial charge >= 0.3 is 0 Å². The fourth-order valence-electron chi connectivity index (χ4n) is 2.05. The van der Waals surface area contributed by atoms with Gasteiger partial charge < -0.3 is 10.3 Å². The number of nitrogens with zero attached hydrogens (tertiary/aromatic N) is 2. The van der Waals surface area contributed by atoms with E-state index in [0.29, 0.717) is 35.4 Å². The predicted molar refractivity (Wildman–Crippen MR) is 73.0 cm³/mol. The van der Waals surface area contributed by atoms with E-state index in [4.69, 9.17) is 15.5 Å². The first-order valence-corrected chi connectivity index (χ1v) is 6.42. The summed E-state index contributed by atoms with van der Waals surface area (Å²) in [4.78, 5) is 11.5. The highest BCUT2D eigenvalue weighted by molar-refractivity contribution is 5.95. The molecule has 0 atom stereocenters. The molecule has 0 aliphatic heterocycles. The quantitative estimate of drug-likeness (QED) is 0.900. The number of nitrogens with two attached hydrogens (primary N) is 1. The summed E-state index contributed by atoms with van der Waals surface area (Å²) in [5.74, 6) is -0.0380. The van der Waals surface area contributed by atoms with Crippen molar-refractivity contribution < 1.29 is 9.32 Å². The average molecular weight is 269 g/mol. The number of hydrogen-bond donors (Lipinski definition) is 1. The molecule has 5 heteroatoms. The summed E-state index contributed by atoms with van der Waals surface area (Å²) in [5.41, 5.74) is 7.93. The molecular weight excluding hydrogens is 254 g/mol. The first-order valence-electron chi connectivity index (χ1n) is 6.42. The van der Waals surface area contributed by atoms with E-state index in [2.05, 4.69) is 11.2 Å². The maximum absolute atomic E-state index is 11.5. The van der Waals surface area contributed by atoms with E-state index in [1.165, 1.54) is 0 Å². The first kappa shape index (κ1) is 13.8. The molecule has 2 N–H and O–H groups in total. The highest BCUT2D eigenvalue weighted by Gasteiger charge is 2.20. The van der Waals surface area contributed by atoms with Crippen molar-refractivity contribution in [3.63, 3.8) is 0 Å². The SMILES string of the molecule is CCCc1noc(Cc2ccc(C#N)cc2)c1C(N)=O. The second-order valence-electron chi connectivity index (χ2n) is 4.53. The minimum absolute atomic E-state index is 0.385. The van der Waals surface area contributed by atoms with Crippen LogP contribution in [0.5, 0.6) is 0 Å². The molecule has 0 aliphatic rings. The third-order valence-electron chi connectivity index (χ3n) is 3.01. The van der Waals surface area contributed by atoms with Crippen LogP contribution in [0.4, 0.5) is 0 Å². The molecule has 0 saturated heterocycles. The largest absolute Gasteiger partial charge is 0.365 e. The molecule has 1 amide bonds. The van der Waals surface area contributed by atoms with Gasteiger partial charge in [0.25, 0.3) is 5.91 Å². The molecule has 2 aromatic rings. The zero-order chi connectivity index (χ0) is 14.5. The minimum Gasteiger partial charge on any atom is -0.365 e. The maximum Gasteiger partial charge on any atom is 0.254 e. The number of carbonyl (C=O) groups is 1. The molecule has 0 fully saturated rings. The topological polar surface area (TPSA) is 92.9 Å². The minimum atomic E-state index is -0.515. The second-order valence-corrected chi connectivity index (χ2v) is 4.53. The molecule has 0 unspecified atom stereocenters. The van der Waals surface area contributed by atoms with Gasteiger partial charge in [-0.15, -0.1) is 0 Å². The van der Waals surface area contributed by atoms with E-state index >= 15 is 0 Å².